The van der Waals surface area contributed by atoms with Crippen LogP contribution < -0.4 is 0 Å². The number of rotatable bonds is 3. The Morgan fingerprint density at radius 1 is 1.77 bits per heavy atom. The highest BCUT2D eigenvalue weighted by Crippen LogP contribution is 2.19. The minimum atomic E-state index is -1.85. The van der Waals surface area contributed by atoms with Crippen LogP contribution in [0.15, 0.2) is 0 Å². The molecule has 1 atom stereocenters. The van der Waals surface area contributed by atoms with Gasteiger partial charge in [-0.2, -0.15) is 0 Å². The summed E-state index contributed by atoms with van der Waals surface area (Å²) in [6.45, 7) is 1.55. The van der Waals surface area contributed by atoms with Gasteiger partial charge in [0.25, 0.3) is 5.24 Å². The van der Waals surface area contributed by atoms with Crippen LogP contribution in [0.4, 0.5) is 4.79 Å². The number of aliphatic carboxylic acids is 1. The van der Waals surface area contributed by atoms with Crippen LogP contribution in [0, 0.1) is 0 Å². The van der Waals surface area contributed by atoms with Crippen LogP contribution in [-0.4, -0.2) is 50.8 Å². The third-order valence-electron chi connectivity index (χ3n) is 1.80. The van der Waals surface area contributed by atoms with E-state index < -0.39 is 11.6 Å². The summed E-state index contributed by atoms with van der Waals surface area (Å²) >= 11 is 1.14. The van der Waals surface area contributed by atoms with E-state index in [4.69, 9.17) is 5.11 Å². The molecule has 0 aromatic heterocycles. The van der Waals surface area contributed by atoms with Crippen LogP contribution in [-0.2, 0) is 4.79 Å². The average molecular weight is 205 g/mol. The Labute approximate surface area is 79.7 Å². The number of β-amino-alcohol motifs (C(OH)–C–C–N with tert-alkyl or cyclic N) is 1. The van der Waals surface area contributed by atoms with E-state index in [1.165, 1.54) is 11.8 Å². The van der Waals surface area contributed by atoms with Gasteiger partial charge >= 0.3 is 5.97 Å². The van der Waals surface area contributed by atoms with Crippen LogP contribution in [0.3, 0.4) is 0 Å². The van der Waals surface area contributed by atoms with Gasteiger partial charge in [-0.3, -0.25) is 4.79 Å². The molecule has 1 saturated heterocycles. The summed E-state index contributed by atoms with van der Waals surface area (Å²) in [6, 6.07) is 0. The van der Waals surface area contributed by atoms with Gasteiger partial charge in [0.2, 0.25) is 0 Å². The van der Waals surface area contributed by atoms with Crippen LogP contribution in [0.5, 0.6) is 0 Å². The van der Waals surface area contributed by atoms with Gasteiger partial charge in [-0.1, -0.05) is 11.8 Å². The van der Waals surface area contributed by atoms with E-state index in [0.29, 0.717) is 12.3 Å². The van der Waals surface area contributed by atoms with Crippen molar-refractivity contribution in [3.8, 4) is 0 Å². The lowest BCUT2D eigenvalue weighted by atomic mass is 10.1. The summed E-state index contributed by atoms with van der Waals surface area (Å²) in [5.74, 6) is -0.647. The Morgan fingerprint density at radius 3 is 2.77 bits per heavy atom. The minimum absolute atomic E-state index is 0.145. The van der Waals surface area contributed by atoms with Gasteiger partial charge in [-0.25, -0.2) is 4.79 Å². The van der Waals surface area contributed by atoms with Gasteiger partial charge in [0, 0.05) is 12.3 Å². The van der Waals surface area contributed by atoms with E-state index in [2.05, 4.69) is 0 Å². The summed E-state index contributed by atoms with van der Waals surface area (Å²) in [5, 5.41) is 17.8. The third kappa shape index (κ3) is 2.35. The highest BCUT2D eigenvalue weighted by Gasteiger charge is 2.35. The molecule has 0 saturated carbocycles. The molecular formula is C7H11NO4S. The molecule has 5 nitrogen and oxygen atoms in total. The number of amides is 1. The van der Waals surface area contributed by atoms with Gasteiger partial charge in [0.15, 0.2) is 5.60 Å². The van der Waals surface area contributed by atoms with E-state index in [-0.39, 0.29) is 11.8 Å². The van der Waals surface area contributed by atoms with E-state index in [1.807, 2.05) is 0 Å². The van der Waals surface area contributed by atoms with E-state index in [0.717, 1.165) is 11.8 Å². The van der Waals surface area contributed by atoms with Crippen molar-refractivity contribution >= 4 is 23.0 Å². The molecule has 1 amide bonds. The van der Waals surface area contributed by atoms with Crippen molar-refractivity contribution in [2.45, 2.75) is 12.5 Å². The first-order chi connectivity index (χ1) is 5.93. The number of thioether (sulfide) groups is 1. The van der Waals surface area contributed by atoms with Crippen LogP contribution in [0.25, 0.3) is 0 Å². The first-order valence-electron chi connectivity index (χ1n) is 3.81. The van der Waals surface area contributed by atoms with Gasteiger partial charge in [-0.05, 0) is 6.92 Å². The van der Waals surface area contributed by atoms with Gasteiger partial charge in [0.05, 0.1) is 6.54 Å². The molecule has 13 heavy (non-hydrogen) atoms. The monoisotopic (exact) mass is 205 g/mol. The molecule has 1 unspecified atom stereocenters. The van der Waals surface area contributed by atoms with E-state index in [1.54, 1.807) is 0 Å². The molecular weight excluding hydrogens is 194 g/mol. The Balaban J connectivity index is 2.57. The smallest absolute Gasteiger partial charge is 0.337 e. The molecule has 1 aliphatic rings. The maximum atomic E-state index is 11.1. The standard InChI is InChI=1S/C7H11NO4S/c1-7(12,5(9)10)4-8-2-3-13-6(8)11/h12H,2-4H2,1H3,(H,9,10). The summed E-state index contributed by atoms with van der Waals surface area (Å²) in [6.07, 6.45) is 0. The van der Waals surface area contributed by atoms with Crippen molar-refractivity contribution in [1.82, 2.24) is 4.90 Å². The lowest BCUT2D eigenvalue weighted by Gasteiger charge is -2.24. The molecule has 0 aromatic rings. The largest absolute Gasteiger partial charge is 0.479 e. The molecule has 1 aliphatic heterocycles. The molecule has 1 fully saturated rings. The zero-order valence-corrected chi connectivity index (χ0v) is 8.00. The van der Waals surface area contributed by atoms with Crippen LogP contribution in [0.2, 0.25) is 0 Å². The topological polar surface area (TPSA) is 77.8 Å². The first-order valence-corrected chi connectivity index (χ1v) is 4.79. The maximum Gasteiger partial charge on any atom is 0.337 e. The van der Waals surface area contributed by atoms with Crippen molar-refractivity contribution in [3.05, 3.63) is 0 Å². The molecule has 0 aromatic carbocycles. The molecule has 74 valence electrons. The number of aliphatic hydroxyl groups is 1. The Kier molecular flexibility index (Phi) is 2.82. The van der Waals surface area contributed by atoms with Gasteiger partial charge in [-0.15, -0.1) is 0 Å². The Hall–Kier alpha value is -0.750. The molecule has 0 aliphatic carbocycles. The van der Waals surface area contributed by atoms with Gasteiger partial charge < -0.3 is 15.1 Å². The van der Waals surface area contributed by atoms with Gasteiger partial charge in [0.1, 0.15) is 0 Å². The van der Waals surface area contributed by atoms with Crippen molar-refractivity contribution in [3.63, 3.8) is 0 Å². The number of hydrogen-bond donors (Lipinski definition) is 2. The first kappa shape index (κ1) is 10.3. The fourth-order valence-electron chi connectivity index (χ4n) is 1.01. The quantitative estimate of drug-likeness (QED) is 0.677. The fraction of sp³-hybridized carbons (Fsp3) is 0.714. The molecule has 6 heteroatoms. The number of carbonyl (C=O) groups excluding carboxylic acids is 1. The Bertz CT molecular complexity index is 241. The third-order valence-corrected chi connectivity index (χ3v) is 2.70. The van der Waals surface area contributed by atoms with Crippen molar-refractivity contribution < 1.29 is 19.8 Å². The maximum absolute atomic E-state index is 11.1. The number of carboxylic acid groups (broad SMARTS) is 1. The SMILES string of the molecule is CC(O)(CN1CCSC1=O)C(=O)O. The Morgan fingerprint density at radius 2 is 2.38 bits per heavy atom. The fourth-order valence-corrected chi connectivity index (χ4v) is 1.83. The molecule has 0 bridgehead atoms. The lowest BCUT2D eigenvalue weighted by molar-refractivity contribution is -0.157. The minimum Gasteiger partial charge on any atom is -0.479 e. The molecule has 1 heterocycles. The normalized spacial score (nSPS) is 21.7. The van der Waals surface area contributed by atoms with E-state index >= 15 is 0 Å². The molecule has 2 N–H and O–H groups in total. The second kappa shape index (κ2) is 3.55. The second-order valence-electron chi connectivity index (χ2n) is 3.11. The highest BCUT2D eigenvalue weighted by molar-refractivity contribution is 8.13. The molecule has 0 radical (unpaired) electrons. The average Bonchev–Trinajstić information content (AvgIpc) is 2.35. The molecule has 0 spiro atoms. The van der Waals surface area contributed by atoms with Crippen molar-refractivity contribution in [1.29, 1.82) is 0 Å². The zero-order chi connectivity index (χ0) is 10.1. The van der Waals surface area contributed by atoms with Crippen LogP contribution in [0.1, 0.15) is 6.92 Å². The summed E-state index contributed by atoms with van der Waals surface area (Å²) in [4.78, 5) is 22.9. The number of hydrogen-bond acceptors (Lipinski definition) is 4. The highest BCUT2D eigenvalue weighted by atomic mass is 32.2. The summed E-state index contributed by atoms with van der Waals surface area (Å²) < 4.78 is 0. The predicted octanol–water partition coefficient (Wildman–Crippen LogP) is -0.00920. The predicted molar refractivity (Wildman–Crippen MR) is 47.7 cm³/mol. The molecule has 1 rings (SSSR count). The number of carbonyl (C=O) groups is 2. The zero-order valence-electron chi connectivity index (χ0n) is 7.19. The van der Waals surface area contributed by atoms with Crippen molar-refractivity contribution in [2.75, 3.05) is 18.8 Å². The number of nitrogens with zero attached hydrogens (tertiary/aromatic N) is 1. The summed E-state index contributed by atoms with van der Waals surface area (Å²) in [5.41, 5.74) is -1.85. The van der Waals surface area contributed by atoms with Crippen molar-refractivity contribution in [2.24, 2.45) is 0 Å². The number of carboxylic acids is 1. The van der Waals surface area contributed by atoms with E-state index in [9.17, 15) is 14.7 Å². The summed E-state index contributed by atoms with van der Waals surface area (Å²) in [7, 11) is 0. The second-order valence-corrected chi connectivity index (χ2v) is 4.16. The van der Waals surface area contributed by atoms with Crippen LogP contribution >= 0.6 is 11.8 Å². The lowest BCUT2D eigenvalue weighted by Crippen LogP contribution is -2.46.